The SMILES string of the molecule is COc1cccc(C(c2ccc(OC)c(F)c2)N2CCNCC2)c1. The third-order valence-electron chi connectivity index (χ3n) is 4.42. The van der Waals surface area contributed by atoms with Gasteiger partial charge in [0.15, 0.2) is 11.6 Å². The van der Waals surface area contributed by atoms with E-state index in [2.05, 4.69) is 16.3 Å². The number of hydrogen-bond acceptors (Lipinski definition) is 4. The van der Waals surface area contributed by atoms with E-state index >= 15 is 0 Å². The lowest BCUT2D eigenvalue weighted by atomic mass is 9.96. The topological polar surface area (TPSA) is 33.7 Å². The standard InChI is InChI=1S/C19H23FN2O2/c1-23-16-5-3-4-14(12-16)19(22-10-8-21-9-11-22)15-6-7-18(24-2)17(20)13-15/h3-7,12-13,19,21H,8-11H2,1-2H3. The Morgan fingerprint density at radius 1 is 1.00 bits per heavy atom. The molecule has 0 bridgehead atoms. The Kier molecular flexibility index (Phi) is 5.33. The van der Waals surface area contributed by atoms with Gasteiger partial charge in [0.2, 0.25) is 0 Å². The quantitative estimate of drug-likeness (QED) is 0.914. The highest BCUT2D eigenvalue weighted by atomic mass is 19.1. The summed E-state index contributed by atoms with van der Waals surface area (Å²) in [4.78, 5) is 2.37. The van der Waals surface area contributed by atoms with Gasteiger partial charge in [-0.3, -0.25) is 4.90 Å². The van der Waals surface area contributed by atoms with Crippen molar-refractivity contribution in [1.29, 1.82) is 0 Å². The molecule has 1 heterocycles. The number of benzene rings is 2. The van der Waals surface area contributed by atoms with Gasteiger partial charge in [-0.25, -0.2) is 4.39 Å². The van der Waals surface area contributed by atoms with Crippen LogP contribution < -0.4 is 14.8 Å². The normalized spacial score (nSPS) is 16.6. The van der Waals surface area contributed by atoms with Crippen LogP contribution in [0.25, 0.3) is 0 Å². The molecule has 24 heavy (non-hydrogen) atoms. The molecule has 1 N–H and O–H groups in total. The van der Waals surface area contributed by atoms with Gasteiger partial charge in [-0.1, -0.05) is 18.2 Å². The van der Waals surface area contributed by atoms with Gasteiger partial charge in [-0.2, -0.15) is 0 Å². The van der Waals surface area contributed by atoms with E-state index in [4.69, 9.17) is 9.47 Å². The average Bonchev–Trinajstić information content (AvgIpc) is 2.63. The van der Waals surface area contributed by atoms with E-state index in [0.717, 1.165) is 43.1 Å². The fourth-order valence-electron chi connectivity index (χ4n) is 3.22. The number of hydrogen-bond donors (Lipinski definition) is 1. The highest BCUT2D eigenvalue weighted by Gasteiger charge is 2.25. The van der Waals surface area contributed by atoms with E-state index in [1.54, 1.807) is 19.2 Å². The van der Waals surface area contributed by atoms with Crippen LogP contribution in [0.2, 0.25) is 0 Å². The Hall–Kier alpha value is -2.11. The summed E-state index contributed by atoms with van der Waals surface area (Å²) in [5, 5.41) is 3.36. The van der Waals surface area contributed by atoms with Gasteiger partial charge in [0.25, 0.3) is 0 Å². The summed E-state index contributed by atoms with van der Waals surface area (Å²) >= 11 is 0. The van der Waals surface area contributed by atoms with Crippen molar-refractivity contribution in [2.75, 3.05) is 40.4 Å². The summed E-state index contributed by atoms with van der Waals surface area (Å²) < 4.78 is 24.7. The Morgan fingerprint density at radius 3 is 2.42 bits per heavy atom. The monoisotopic (exact) mass is 330 g/mol. The minimum atomic E-state index is -0.335. The zero-order valence-electron chi connectivity index (χ0n) is 14.1. The zero-order chi connectivity index (χ0) is 16.9. The van der Waals surface area contributed by atoms with E-state index in [0.29, 0.717) is 0 Å². The molecule has 1 saturated heterocycles. The first-order valence-corrected chi connectivity index (χ1v) is 8.15. The molecular weight excluding hydrogens is 307 g/mol. The number of halogens is 1. The van der Waals surface area contributed by atoms with Gasteiger partial charge >= 0.3 is 0 Å². The Balaban J connectivity index is 2.02. The Bertz CT molecular complexity index is 687. The summed E-state index contributed by atoms with van der Waals surface area (Å²) in [6.07, 6.45) is 0. The molecule has 1 aliphatic rings. The molecule has 1 fully saturated rings. The molecule has 0 aromatic heterocycles. The van der Waals surface area contributed by atoms with Crippen molar-refractivity contribution in [3.63, 3.8) is 0 Å². The van der Waals surface area contributed by atoms with Crippen molar-refractivity contribution in [2.45, 2.75) is 6.04 Å². The molecule has 0 amide bonds. The maximum atomic E-state index is 14.3. The zero-order valence-corrected chi connectivity index (χ0v) is 14.1. The fraction of sp³-hybridized carbons (Fsp3) is 0.368. The van der Waals surface area contributed by atoms with Crippen LogP contribution in [0.5, 0.6) is 11.5 Å². The van der Waals surface area contributed by atoms with Crippen molar-refractivity contribution in [2.24, 2.45) is 0 Å². The molecular formula is C19H23FN2O2. The van der Waals surface area contributed by atoms with Crippen LogP contribution >= 0.6 is 0 Å². The number of nitrogens with one attached hydrogen (secondary N) is 1. The molecule has 0 radical (unpaired) electrons. The van der Waals surface area contributed by atoms with E-state index in [1.165, 1.54) is 7.11 Å². The fourth-order valence-corrected chi connectivity index (χ4v) is 3.22. The molecule has 1 aliphatic heterocycles. The molecule has 128 valence electrons. The van der Waals surface area contributed by atoms with Crippen molar-refractivity contribution in [3.05, 3.63) is 59.4 Å². The van der Waals surface area contributed by atoms with Gasteiger partial charge in [-0.05, 0) is 35.4 Å². The third-order valence-corrected chi connectivity index (χ3v) is 4.42. The van der Waals surface area contributed by atoms with Crippen LogP contribution in [0.1, 0.15) is 17.2 Å². The Morgan fingerprint density at radius 2 is 1.75 bits per heavy atom. The van der Waals surface area contributed by atoms with Gasteiger partial charge in [0.05, 0.1) is 20.3 Å². The van der Waals surface area contributed by atoms with Gasteiger partial charge in [-0.15, -0.1) is 0 Å². The van der Waals surface area contributed by atoms with Crippen LogP contribution in [0.15, 0.2) is 42.5 Å². The third kappa shape index (κ3) is 3.52. The second kappa shape index (κ2) is 7.64. The van der Waals surface area contributed by atoms with Gasteiger partial charge in [0.1, 0.15) is 5.75 Å². The van der Waals surface area contributed by atoms with Crippen molar-refractivity contribution in [1.82, 2.24) is 10.2 Å². The van der Waals surface area contributed by atoms with Crippen molar-refractivity contribution < 1.29 is 13.9 Å². The van der Waals surface area contributed by atoms with E-state index < -0.39 is 0 Å². The smallest absolute Gasteiger partial charge is 0.165 e. The first-order chi connectivity index (χ1) is 11.7. The number of ether oxygens (including phenoxy) is 2. The maximum absolute atomic E-state index is 14.3. The van der Waals surface area contributed by atoms with Gasteiger partial charge < -0.3 is 14.8 Å². The highest BCUT2D eigenvalue weighted by molar-refractivity contribution is 5.39. The van der Waals surface area contributed by atoms with Crippen LogP contribution in [-0.4, -0.2) is 45.3 Å². The number of methoxy groups -OCH3 is 2. The molecule has 1 unspecified atom stereocenters. The molecule has 4 nitrogen and oxygen atoms in total. The molecule has 2 aromatic carbocycles. The van der Waals surface area contributed by atoms with Crippen LogP contribution in [-0.2, 0) is 0 Å². The van der Waals surface area contributed by atoms with Crippen molar-refractivity contribution >= 4 is 0 Å². The summed E-state index contributed by atoms with van der Waals surface area (Å²) in [6.45, 7) is 3.68. The Labute approximate surface area is 142 Å². The highest BCUT2D eigenvalue weighted by Crippen LogP contribution is 2.33. The van der Waals surface area contributed by atoms with Crippen LogP contribution in [0.4, 0.5) is 4.39 Å². The molecule has 1 atom stereocenters. The van der Waals surface area contributed by atoms with Gasteiger partial charge in [0, 0.05) is 26.2 Å². The maximum Gasteiger partial charge on any atom is 0.165 e. The minimum Gasteiger partial charge on any atom is -0.497 e. The summed E-state index contributed by atoms with van der Waals surface area (Å²) in [5.41, 5.74) is 2.02. The molecule has 5 heteroatoms. The van der Waals surface area contributed by atoms with E-state index in [-0.39, 0.29) is 17.6 Å². The number of rotatable bonds is 5. The second-order valence-electron chi connectivity index (χ2n) is 5.86. The van der Waals surface area contributed by atoms with E-state index in [1.807, 2.05) is 24.3 Å². The first kappa shape index (κ1) is 16.7. The molecule has 0 aliphatic carbocycles. The number of piperazine rings is 1. The largest absolute Gasteiger partial charge is 0.497 e. The summed E-state index contributed by atoms with van der Waals surface area (Å²) in [5.74, 6) is 0.739. The summed E-state index contributed by atoms with van der Waals surface area (Å²) in [6, 6.07) is 13.2. The predicted molar refractivity (Wildman–Crippen MR) is 92.2 cm³/mol. The van der Waals surface area contributed by atoms with Crippen LogP contribution in [0.3, 0.4) is 0 Å². The molecule has 2 aromatic rings. The van der Waals surface area contributed by atoms with Crippen LogP contribution in [0, 0.1) is 5.82 Å². The summed E-state index contributed by atoms with van der Waals surface area (Å²) in [7, 11) is 3.14. The number of nitrogens with zero attached hydrogens (tertiary/aromatic N) is 1. The molecule has 3 rings (SSSR count). The lowest BCUT2D eigenvalue weighted by molar-refractivity contribution is 0.198. The lowest BCUT2D eigenvalue weighted by Crippen LogP contribution is -2.45. The lowest BCUT2D eigenvalue weighted by Gasteiger charge is -2.35. The second-order valence-corrected chi connectivity index (χ2v) is 5.86. The van der Waals surface area contributed by atoms with E-state index in [9.17, 15) is 4.39 Å². The van der Waals surface area contributed by atoms with Crippen molar-refractivity contribution in [3.8, 4) is 11.5 Å². The minimum absolute atomic E-state index is 0.0115. The average molecular weight is 330 g/mol. The first-order valence-electron chi connectivity index (χ1n) is 8.15. The molecule has 0 spiro atoms. The predicted octanol–water partition coefficient (Wildman–Crippen LogP) is 2.84. The molecule has 0 saturated carbocycles.